The Kier molecular flexibility index (Phi) is 4.96. The monoisotopic (exact) mass is 315 g/mol. The largest absolute Gasteiger partial charge is 0.382 e. The number of halogens is 1. The molecule has 0 aliphatic rings. The Labute approximate surface area is 117 Å². The van der Waals surface area contributed by atoms with Gasteiger partial charge in [0.1, 0.15) is 4.47 Å². The number of nitrogens with zero attached hydrogens (tertiary/aromatic N) is 2. The highest BCUT2D eigenvalue weighted by molar-refractivity contribution is 9.10. The summed E-state index contributed by atoms with van der Waals surface area (Å²) in [7, 11) is 0. The lowest BCUT2D eigenvalue weighted by Crippen LogP contribution is -2.30. The molecule has 1 aromatic rings. The van der Waals surface area contributed by atoms with Crippen LogP contribution in [0.5, 0.6) is 0 Å². The molecule has 1 rings (SSSR count). The van der Waals surface area contributed by atoms with E-state index in [2.05, 4.69) is 54.0 Å². The van der Waals surface area contributed by atoms with E-state index in [4.69, 9.17) is 0 Å². The molecule has 0 aromatic carbocycles. The smallest absolute Gasteiger partial charge is 0.283 e. The van der Waals surface area contributed by atoms with Gasteiger partial charge in [0.15, 0.2) is 0 Å². The van der Waals surface area contributed by atoms with Gasteiger partial charge in [-0.1, -0.05) is 27.7 Å². The topological polar surface area (TPSA) is 46.9 Å². The average molecular weight is 316 g/mol. The molecule has 4 nitrogen and oxygen atoms in total. The number of anilines is 1. The summed E-state index contributed by atoms with van der Waals surface area (Å²) in [5.74, 6) is 0.563. The summed E-state index contributed by atoms with van der Waals surface area (Å²) in [6, 6.07) is 0. The van der Waals surface area contributed by atoms with Crippen molar-refractivity contribution >= 4 is 21.6 Å². The zero-order chi connectivity index (χ0) is 13.9. The fourth-order valence-corrected chi connectivity index (χ4v) is 1.79. The second-order valence-electron chi connectivity index (χ2n) is 5.49. The summed E-state index contributed by atoms with van der Waals surface area (Å²) in [5.41, 5.74) is 0.835. The van der Waals surface area contributed by atoms with E-state index in [1.165, 1.54) is 4.68 Å². The van der Waals surface area contributed by atoms with Gasteiger partial charge in [-0.25, -0.2) is 4.68 Å². The number of aromatic nitrogens is 2. The van der Waals surface area contributed by atoms with Crippen LogP contribution in [-0.4, -0.2) is 16.3 Å². The summed E-state index contributed by atoms with van der Waals surface area (Å²) < 4.78 is 1.99. The average Bonchev–Trinajstić information content (AvgIpc) is 2.31. The van der Waals surface area contributed by atoms with Crippen molar-refractivity contribution in [2.45, 2.75) is 41.2 Å². The Hall–Kier alpha value is -0.840. The summed E-state index contributed by atoms with van der Waals surface area (Å²) in [4.78, 5) is 11.9. The van der Waals surface area contributed by atoms with Gasteiger partial charge in [0.05, 0.1) is 11.9 Å². The summed E-state index contributed by atoms with van der Waals surface area (Å²) in [5, 5.41) is 7.42. The van der Waals surface area contributed by atoms with Crippen LogP contribution in [-0.2, 0) is 6.54 Å². The lowest BCUT2D eigenvalue weighted by molar-refractivity contribution is 0.269. The first-order valence-corrected chi connectivity index (χ1v) is 7.08. The van der Waals surface area contributed by atoms with Gasteiger partial charge in [-0.15, -0.1) is 0 Å². The van der Waals surface area contributed by atoms with Crippen molar-refractivity contribution in [3.63, 3.8) is 0 Å². The third-order valence-electron chi connectivity index (χ3n) is 3.58. The Morgan fingerprint density at radius 2 is 2.11 bits per heavy atom. The summed E-state index contributed by atoms with van der Waals surface area (Å²) in [6.07, 6.45) is 1.70. The molecule has 1 aromatic heterocycles. The molecule has 0 amide bonds. The third-order valence-corrected chi connectivity index (χ3v) is 4.35. The highest BCUT2D eigenvalue weighted by atomic mass is 79.9. The molecule has 102 valence electrons. The number of hydrogen-bond donors (Lipinski definition) is 1. The molecule has 18 heavy (non-hydrogen) atoms. The minimum atomic E-state index is -0.0927. The molecule has 0 radical (unpaired) electrons. The summed E-state index contributed by atoms with van der Waals surface area (Å²) >= 11 is 3.34. The second-order valence-corrected chi connectivity index (χ2v) is 6.28. The van der Waals surface area contributed by atoms with Crippen LogP contribution in [0.25, 0.3) is 0 Å². The maximum absolute atomic E-state index is 11.9. The first kappa shape index (κ1) is 15.2. The van der Waals surface area contributed by atoms with Gasteiger partial charge in [-0.2, -0.15) is 5.10 Å². The molecule has 0 atom stereocenters. The van der Waals surface area contributed by atoms with Crippen molar-refractivity contribution in [1.29, 1.82) is 0 Å². The number of nitrogens with one attached hydrogen (secondary N) is 1. The molecule has 0 saturated heterocycles. The van der Waals surface area contributed by atoms with Gasteiger partial charge >= 0.3 is 0 Å². The Morgan fingerprint density at radius 1 is 1.50 bits per heavy atom. The number of rotatable bonds is 5. The lowest BCUT2D eigenvalue weighted by Gasteiger charge is -2.30. The molecule has 0 fully saturated rings. The van der Waals surface area contributed by atoms with Crippen molar-refractivity contribution < 1.29 is 0 Å². The van der Waals surface area contributed by atoms with E-state index < -0.39 is 0 Å². The van der Waals surface area contributed by atoms with Crippen LogP contribution in [0.15, 0.2) is 15.5 Å². The zero-order valence-electron chi connectivity index (χ0n) is 11.7. The predicted octanol–water partition coefficient (Wildman–Crippen LogP) is 3.12. The van der Waals surface area contributed by atoms with Crippen LogP contribution < -0.4 is 10.9 Å². The molecule has 1 heterocycles. The maximum Gasteiger partial charge on any atom is 0.283 e. The van der Waals surface area contributed by atoms with Crippen LogP contribution in [0.2, 0.25) is 0 Å². The van der Waals surface area contributed by atoms with E-state index in [9.17, 15) is 4.79 Å². The van der Waals surface area contributed by atoms with Gasteiger partial charge in [-0.3, -0.25) is 4.79 Å². The van der Waals surface area contributed by atoms with Crippen molar-refractivity contribution in [3.05, 3.63) is 21.0 Å². The zero-order valence-corrected chi connectivity index (χ0v) is 13.3. The predicted molar refractivity (Wildman–Crippen MR) is 79.0 cm³/mol. The van der Waals surface area contributed by atoms with E-state index in [1.807, 2.05) is 6.92 Å². The first-order valence-electron chi connectivity index (χ1n) is 6.29. The van der Waals surface area contributed by atoms with Gasteiger partial charge in [0, 0.05) is 13.1 Å². The quantitative estimate of drug-likeness (QED) is 0.908. The standard InChI is InChI=1S/C13H22BrN3O/c1-6-17-12(18)11(14)10(7-16-17)15-8-13(4,5)9(2)3/h7,9,15H,6,8H2,1-5H3. The molecular weight excluding hydrogens is 294 g/mol. The van der Waals surface area contributed by atoms with E-state index in [0.717, 1.165) is 12.2 Å². The SMILES string of the molecule is CCn1ncc(NCC(C)(C)C(C)C)c(Br)c1=O. The summed E-state index contributed by atoms with van der Waals surface area (Å²) in [6.45, 7) is 12.1. The van der Waals surface area contributed by atoms with E-state index in [1.54, 1.807) is 6.20 Å². The fraction of sp³-hybridized carbons (Fsp3) is 0.692. The van der Waals surface area contributed by atoms with E-state index >= 15 is 0 Å². The van der Waals surface area contributed by atoms with Crippen LogP contribution in [0, 0.1) is 11.3 Å². The fourth-order valence-electron chi connectivity index (χ4n) is 1.34. The molecule has 0 saturated carbocycles. The van der Waals surface area contributed by atoms with Crippen molar-refractivity contribution in [2.24, 2.45) is 11.3 Å². The normalized spacial score (nSPS) is 11.9. The number of aryl methyl sites for hydroxylation is 1. The Morgan fingerprint density at radius 3 is 2.61 bits per heavy atom. The molecule has 0 aliphatic carbocycles. The van der Waals surface area contributed by atoms with Crippen molar-refractivity contribution in [1.82, 2.24) is 9.78 Å². The molecule has 0 bridgehead atoms. The van der Waals surface area contributed by atoms with Gasteiger partial charge in [0.25, 0.3) is 5.56 Å². The molecule has 5 heteroatoms. The molecule has 0 aliphatic heterocycles. The van der Waals surface area contributed by atoms with Gasteiger partial charge in [-0.05, 0) is 34.2 Å². The van der Waals surface area contributed by atoms with E-state index in [-0.39, 0.29) is 11.0 Å². The lowest BCUT2D eigenvalue weighted by atomic mass is 9.81. The van der Waals surface area contributed by atoms with E-state index in [0.29, 0.717) is 16.9 Å². The third kappa shape index (κ3) is 3.34. The molecular formula is C13H22BrN3O. The molecule has 0 unspecified atom stereocenters. The van der Waals surface area contributed by atoms with Crippen molar-refractivity contribution in [3.8, 4) is 0 Å². The Bertz CT molecular complexity index is 466. The minimum absolute atomic E-state index is 0.0927. The maximum atomic E-state index is 11.9. The molecule has 1 N–H and O–H groups in total. The van der Waals surface area contributed by atoms with Crippen molar-refractivity contribution in [2.75, 3.05) is 11.9 Å². The van der Waals surface area contributed by atoms with Crippen LogP contribution in [0.4, 0.5) is 5.69 Å². The van der Waals surface area contributed by atoms with Crippen LogP contribution >= 0.6 is 15.9 Å². The van der Waals surface area contributed by atoms with Crippen LogP contribution in [0.3, 0.4) is 0 Å². The highest BCUT2D eigenvalue weighted by Crippen LogP contribution is 2.27. The second kappa shape index (κ2) is 5.87. The molecule has 0 spiro atoms. The van der Waals surface area contributed by atoms with Crippen LogP contribution in [0.1, 0.15) is 34.6 Å². The minimum Gasteiger partial charge on any atom is -0.382 e. The Balaban J connectivity index is 2.88. The van der Waals surface area contributed by atoms with Gasteiger partial charge in [0.2, 0.25) is 0 Å². The highest BCUT2D eigenvalue weighted by Gasteiger charge is 2.22. The first-order chi connectivity index (χ1) is 8.29. The van der Waals surface area contributed by atoms with Gasteiger partial charge < -0.3 is 5.32 Å². The number of hydrogen-bond acceptors (Lipinski definition) is 3.